The number of hydrogen-bond donors (Lipinski definition) is 1. The van der Waals surface area contributed by atoms with Crippen molar-refractivity contribution in [2.45, 2.75) is 77.7 Å². The molecule has 0 saturated carbocycles. The van der Waals surface area contributed by atoms with Crippen LogP contribution in [-0.2, 0) is 34.3 Å². The van der Waals surface area contributed by atoms with Gasteiger partial charge < -0.3 is 19.6 Å². The number of hydrogen-bond acceptors (Lipinski definition) is 7. The van der Waals surface area contributed by atoms with Crippen molar-refractivity contribution in [3.05, 3.63) is 60.2 Å². The molecule has 3 amide bonds. The molecule has 1 saturated heterocycles. The van der Waals surface area contributed by atoms with Gasteiger partial charge in [-0.15, -0.1) is 5.06 Å². The molecule has 0 radical (unpaired) electrons. The standard InChI is InChI=1S/C28H34N2O7/c1-18(35-27(2,3)4)24(25(33)37-30-22(31)16-17-23(30)32)29-26(34)36-28(5,6)21-14-12-20(13-15-21)19-10-8-7-9-11-19/h7-15,18,24H,16-17H2,1-6H3,(H,29,34). The van der Waals surface area contributed by atoms with E-state index in [-0.39, 0.29) is 12.8 Å². The summed E-state index contributed by atoms with van der Waals surface area (Å²) in [6.07, 6.45) is -1.83. The lowest BCUT2D eigenvalue weighted by atomic mass is 9.95. The maximum atomic E-state index is 12.9. The molecule has 2 atom stereocenters. The fraction of sp³-hybridized carbons (Fsp3) is 0.429. The molecule has 2 unspecified atom stereocenters. The highest BCUT2D eigenvalue weighted by Crippen LogP contribution is 2.28. The molecule has 0 bridgehead atoms. The Morgan fingerprint density at radius 2 is 1.41 bits per heavy atom. The van der Waals surface area contributed by atoms with E-state index in [4.69, 9.17) is 14.3 Å². The normalized spacial score (nSPS) is 15.8. The van der Waals surface area contributed by atoms with Gasteiger partial charge in [-0.1, -0.05) is 54.6 Å². The van der Waals surface area contributed by atoms with Crippen molar-refractivity contribution in [2.24, 2.45) is 0 Å². The van der Waals surface area contributed by atoms with Gasteiger partial charge in [0.25, 0.3) is 11.8 Å². The Hall–Kier alpha value is -3.72. The van der Waals surface area contributed by atoms with E-state index in [0.717, 1.165) is 16.7 Å². The Morgan fingerprint density at radius 1 is 0.865 bits per heavy atom. The van der Waals surface area contributed by atoms with Gasteiger partial charge in [0.05, 0.1) is 11.7 Å². The molecule has 1 fully saturated rings. The van der Waals surface area contributed by atoms with E-state index in [2.05, 4.69) is 5.32 Å². The first-order valence-corrected chi connectivity index (χ1v) is 12.2. The number of carbonyl (C=O) groups is 4. The van der Waals surface area contributed by atoms with Crippen molar-refractivity contribution in [1.82, 2.24) is 10.4 Å². The van der Waals surface area contributed by atoms with Crippen molar-refractivity contribution >= 4 is 23.9 Å². The van der Waals surface area contributed by atoms with Crippen molar-refractivity contribution in [1.29, 1.82) is 0 Å². The van der Waals surface area contributed by atoms with Crippen molar-refractivity contribution in [3.8, 4) is 11.1 Å². The Kier molecular flexibility index (Phi) is 8.38. The van der Waals surface area contributed by atoms with Crippen LogP contribution in [0.1, 0.15) is 59.9 Å². The third-order valence-electron chi connectivity index (χ3n) is 5.76. The SMILES string of the molecule is CC(OC(C)(C)C)C(NC(=O)OC(C)(C)c1ccc(-c2ccccc2)cc1)C(=O)ON1C(=O)CCC1=O. The summed E-state index contributed by atoms with van der Waals surface area (Å²) in [5.41, 5.74) is 1.14. The molecule has 2 aromatic rings. The number of alkyl carbamates (subject to hydrolysis) is 1. The number of carbonyl (C=O) groups excluding carboxylic acids is 4. The molecule has 198 valence electrons. The van der Waals surface area contributed by atoms with Crippen LogP contribution >= 0.6 is 0 Å². The Labute approximate surface area is 217 Å². The van der Waals surface area contributed by atoms with Crippen molar-refractivity contribution in [2.75, 3.05) is 0 Å². The van der Waals surface area contributed by atoms with Gasteiger partial charge in [-0.3, -0.25) is 9.59 Å². The molecule has 9 heteroatoms. The van der Waals surface area contributed by atoms with Crippen LogP contribution < -0.4 is 5.32 Å². The van der Waals surface area contributed by atoms with Gasteiger partial charge in [-0.25, -0.2) is 9.59 Å². The van der Waals surface area contributed by atoms with Crippen molar-refractivity contribution < 1.29 is 33.5 Å². The molecular weight excluding hydrogens is 476 g/mol. The third kappa shape index (κ3) is 7.39. The monoisotopic (exact) mass is 510 g/mol. The molecule has 0 spiro atoms. The highest BCUT2D eigenvalue weighted by molar-refractivity contribution is 6.02. The van der Waals surface area contributed by atoms with Gasteiger partial charge in [-0.2, -0.15) is 0 Å². The second-order valence-corrected chi connectivity index (χ2v) is 10.4. The minimum atomic E-state index is -1.34. The zero-order valence-electron chi connectivity index (χ0n) is 22.1. The molecule has 1 aliphatic heterocycles. The summed E-state index contributed by atoms with van der Waals surface area (Å²) in [6, 6.07) is 16.2. The fourth-order valence-corrected chi connectivity index (χ4v) is 3.94. The first-order valence-electron chi connectivity index (χ1n) is 12.2. The van der Waals surface area contributed by atoms with Crippen LogP contribution in [0.25, 0.3) is 11.1 Å². The van der Waals surface area contributed by atoms with Crippen LogP contribution in [-0.4, -0.2) is 46.7 Å². The Balaban J connectivity index is 1.73. The van der Waals surface area contributed by atoms with Crippen LogP contribution in [0, 0.1) is 0 Å². The number of amides is 3. The summed E-state index contributed by atoms with van der Waals surface area (Å²) in [4.78, 5) is 54.7. The molecule has 1 N–H and O–H groups in total. The lowest BCUT2D eigenvalue weighted by Gasteiger charge is -2.32. The first-order chi connectivity index (χ1) is 17.3. The van der Waals surface area contributed by atoms with Crippen LogP contribution in [0.15, 0.2) is 54.6 Å². The van der Waals surface area contributed by atoms with E-state index >= 15 is 0 Å². The zero-order chi connectivity index (χ0) is 27.4. The maximum Gasteiger partial charge on any atom is 0.408 e. The largest absolute Gasteiger partial charge is 0.439 e. The van der Waals surface area contributed by atoms with E-state index in [9.17, 15) is 19.2 Å². The molecule has 37 heavy (non-hydrogen) atoms. The number of imide groups is 1. The van der Waals surface area contributed by atoms with E-state index in [1.165, 1.54) is 0 Å². The minimum absolute atomic E-state index is 0.0441. The molecule has 0 aliphatic carbocycles. The highest BCUT2D eigenvalue weighted by atomic mass is 16.7. The van der Waals surface area contributed by atoms with Crippen LogP contribution in [0.3, 0.4) is 0 Å². The fourth-order valence-electron chi connectivity index (χ4n) is 3.94. The van der Waals surface area contributed by atoms with Gasteiger partial charge in [-0.05, 0) is 58.2 Å². The van der Waals surface area contributed by atoms with E-state index in [1.807, 2.05) is 54.6 Å². The van der Waals surface area contributed by atoms with Crippen LogP contribution in [0.5, 0.6) is 0 Å². The zero-order valence-corrected chi connectivity index (χ0v) is 22.1. The maximum absolute atomic E-state index is 12.9. The molecular formula is C28H34N2O7. The average Bonchev–Trinajstić information content (AvgIpc) is 3.13. The number of benzene rings is 2. The Bertz CT molecular complexity index is 1120. The second-order valence-electron chi connectivity index (χ2n) is 10.4. The molecule has 2 aromatic carbocycles. The Morgan fingerprint density at radius 3 is 1.95 bits per heavy atom. The van der Waals surface area contributed by atoms with Crippen LogP contribution in [0.4, 0.5) is 4.79 Å². The summed E-state index contributed by atoms with van der Waals surface area (Å²) in [7, 11) is 0. The smallest absolute Gasteiger partial charge is 0.408 e. The van der Waals surface area contributed by atoms with Gasteiger partial charge in [0.1, 0.15) is 5.60 Å². The summed E-state index contributed by atoms with van der Waals surface area (Å²) in [5.74, 6) is -2.25. The predicted molar refractivity (Wildman–Crippen MR) is 136 cm³/mol. The average molecular weight is 511 g/mol. The quantitative estimate of drug-likeness (QED) is 0.521. The van der Waals surface area contributed by atoms with Gasteiger partial charge in [0.15, 0.2) is 6.04 Å². The van der Waals surface area contributed by atoms with Gasteiger partial charge >= 0.3 is 12.1 Å². The second kappa shape index (κ2) is 11.1. The van der Waals surface area contributed by atoms with Gasteiger partial charge in [0, 0.05) is 12.8 Å². The third-order valence-corrected chi connectivity index (χ3v) is 5.76. The lowest BCUT2D eigenvalue weighted by Crippen LogP contribution is -2.53. The molecule has 0 aromatic heterocycles. The molecule has 9 nitrogen and oxygen atoms in total. The summed E-state index contributed by atoms with van der Waals surface area (Å²) in [5, 5.41) is 2.93. The highest BCUT2D eigenvalue weighted by Gasteiger charge is 2.39. The number of nitrogens with zero attached hydrogens (tertiary/aromatic N) is 1. The first kappa shape index (κ1) is 27.9. The van der Waals surface area contributed by atoms with Crippen molar-refractivity contribution in [3.63, 3.8) is 0 Å². The number of rotatable bonds is 8. The van der Waals surface area contributed by atoms with Gasteiger partial charge in [0.2, 0.25) is 0 Å². The predicted octanol–water partition coefficient (Wildman–Crippen LogP) is 4.49. The van der Waals surface area contributed by atoms with E-state index in [0.29, 0.717) is 5.06 Å². The van der Waals surface area contributed by atoms with E-state index < -0.39 is 47.2 Å². The lowest BCUT2D eigenvalue weighted by molar-refractivity contribution is -0.202. The molecule has 1 aliphatic rings. The minimum Gasteiger partial charge on any atom is -0.439 e. The number of ether oxygens (including phenoxy) is 2. The summed E-state index contributed by atoms with van der Waals surface area (Å²) < 4.78 is 11.5. The molecule has 3 rings (SSSR count). The number of nitrogens with one attached hydrogen (secondary N) is 1. The summed E-state index contributed by atoms with van der Waals surface area (Å²) >= 11 is 0. The topological polar surface area (TPSA) is 111 Å². The molecule has 1 heterocycles. The summed E-state index contributed by atoms with van der Waals surface area (Å²) in [6.45, 7) is 10.4. The number of hydroxylamine groups is 2. The van der Waals surface area contributed by atoms with Crippen LogP contribution in [0.2, 0.25) is 0 Å². The van der Waals surface area contributed by atoms with E-state index in [1.54, 1.807) is 41.5 Å².